The SMILES string of the molecule is O=CO.[BaH2].[Co]. The monoisotopic (exact) mass is 245 g/mol. The predicted molar refractivity (Wildman–Crippen MR) is 17.2 cm³/mol. The van der Waals surface area contributed by atoms with Crippen LogP contribution < -0.4 is 0 Å². The molecule has 0 fully saturated rings. The summed E-state index contributed by atoms with van der Waals surface area (Å²) in [6.07, 6.45) is 0. The van der Waals surface area contributed by atoms with Crippen molar-refractivity contribution >= 4 is 55.4 Å². The molecule has 31 valence electrons. The molecule has 0 rings (SSSR count). The summed E-state index contributed by atoms with van der Waals surface area (Å²) in [6, 6.07) is 0. The summed E-state index contributed by atoms with van der Waals surface area (Å²) < 4.78 is 0. The standard InChI is InChI=1S/CH2O2.Ba.Co.2H/c2-1-3;;;;/h1H,(H,2,3);;;;. The molecule has 0 saturated heterocycles. The first-order valence-electron chi connectivity index (χ1n) is 0.494. The van der Waals surface area contributed by atoms with Gasteiger partial charge in [0.05, 0.1) is 0 Å². The Hall–Kier alpha value is 1.55. The maximum atomic E-state index is 8.36. The molecule has 0 aliphatic carbocycles. The van der Waals surface area contributed by atoms with Gasteiger partial charge in [-0.15, -0.1) is 0 Å². The molecule has 0 amide bonds. The minimum absolute atomic E-state index is 0. The third-order valence-corrected chi connectivity index (χ3v) is 0. The molecule has 0 bridgehead atoms. The van der Waals surface area contributed by atoms with Crippen molar-refractivity contribution in [2.45, 2.75) is 0 Å². The second-order valence-corrected chi connectivity index (χ2v) is 0.105. The summed E-state index contributed by atoms with van der Waals surface area (Å²) in [5.41, 5.74) is 0. The summed E-state index contributed by atoms with van der Waals surface area (Å²) in [6.45, 7) is -0.250. The van der Waals surface area contributed by atoms with Crippen LogP contribution in [-0.2, 0) is 21.6 Å². The molecule has 5 heavy (non-hydrogen) atoms. The fourth-order valence-electron chi connectivity index (χ4n) is 0. The van der Waals surface area contributed by atoms with Crippen LogP contribution in [0.2, 0.25) is 0 Å². The van der Waals surface area contributed by atoms with E-state index < -0.39 is 0 Å². The van der Waals surface area contributed by atoms with Crippen molar-refractivity contribution in [2.24, 2.45) is 0 Å². The van der Waals surface area contributed by atoms with E-state index in [1.807, 2.05) is 0 Å². The van der Waals surface area contributed by atoms with E-state index >= 15 is 0 Å². The van der Waals surface area contributed by atoms with E-state index in [1.54, 1.807) is 0 Å². The van der Waals surface area contributed by atoms with E-state index in [1.165, 1.54) is 0 Å². The Morgan fingerprint density at radius 2 is 1.60 bits per heavy atom. The Morgan fingerprint density at radius 1 is 1.60 bits per heavy atom. The van der Waals surface area contributed by atoms with Crippen LogP contribution in [0.1, 0.15) is 0 Å². The van der Waals surface area contributed by atoms with Crippen LogP contribution in [-0.4, -0.2) is 60.5 Å². The van der Waals surface area contributed by atoms with Crippen LogP contribution in [0.4, 0.5) is 0 Å². The van der Waals surface area contributed by atoms with Gasteiger partial charge in [-0.3, -0.25) is 4.79 Å². The molecule has 0 spiro atoms. The molecule has 0 aromatic heterocycles. The second-order valence-electron chi connectivity index (χ2n) is 0.105. The van der Waals surface area contributed by atoms with Crippen molar-refractivity contribution in [2.75, 3.05) is 0 Å². The number of carboxylic acid groups (broad SMARTS) is 1. The van der Waals surface area contributed by atoms with Crippen molar-refractivity contribution in [1.82, 2.24) is 0 Å². The molecule has 1 N–H and O–H groups in total. The van der Waals surface area contributed by atoms with Gasteiger partial charge in [0.25, 0.3) is 6.47 Å². The number of rotatable bonds is 0. The zero-order valence-corrected chi connectivity index (χ0v) is 2.81. The van der Waals surface area contributed by atoms with Gasteiger partial charge in [0.15, 0.2) is 0 Å². The first-order chi connectivity index (χ1) is 1.41. The van der Waals surface area contributed by atoms with Crippen LogP contribution in [0.5, 0.6) is 0 Å². The van der Waals surface area contributed by atoms with E-state index in [9.17, 15) is 0 Å². The fourth-order valence-corrected chi connectivity index (χ4v) is 0. The van der Waals surface area contributed by atoms with Gasteiger partial charge < -0.3 is 5.11 Å². The Morgan fingerprint density at radius 3 is 1.60 bits per heavy atom. The predicted octanol–water partition coefficient (Wildman–Crippen LogP) is -1.22. The molecule has 0 saturated carbocycles. The van der Waals surface area contributed by atoms with E-state index in [0.717, 1.165) is 0 Å². The summed E-state index contributed by atoms with van der Waals surface area (Å²) in [7, 11) is 0. The van der Waals surface area contributed by atoms with Crippen molar-refractivity contribution in [1.29, 1.82) is 0 Å². The normalized spacial score (nSPS) is 2.40. The van der Waals surface area contributed by atoms with Crippen molar-refractivity contribution in [3.05, 3.63) is 0 Å². The Bertz CT molecular complexity index is 17.1. The molecular formula is CH4BaCoO2. The summed E-state index contributed by atoms with van der Waals surface area (Å²) in [4.78, 5) is 8.36. The molecule has 4 heteroatoms. The molecule has 0 aliphatic rings. The average molecular weight is 244 g/mol. The Kier molecular flexibility index (Phi) is 56.6. The largest absolute Gasteiger partial charge is 0 e. The van der Waals surface area contributed by atoms with E-state index in [0.29, 0.717) is 0 Å². The summed E-state index contributed by atoms with van der Waals surface area (Å²) >= 11 is 0. The van der Waals surface area contributed by atoms with E-state index in [4.69, 9.17) is 9.90 Å². The summed E-state index contributed by atoms with van der Waals surface area (Å²) in [5.74, 6) is 0. The van der Waals surface area contributed by atoms with Gasteiger partial charge in [-0.25, -0.2) is 0 Å². The third kappa shape index (κ3) is 29.1. The van der Waals surface area contributed by atoms with E-state index in [-0.39, 0.29) is 72.1 Å². The van der Waals surface area contributed by atoms with Crippen molar-refractivity contribution in [3.63, 3.8) is 0 Å². The number of hydrogen-bond acceptors (Lipinski definition) is 1. The van der Waals surface area contributed by atoms with Crippen molar-refractivity contribution in [3.8, 4) is 0 Å². The average Bonchev–Trinajstić information content (AvgIpc) is 0.918. The van der Waals surface area contributed by atoms with Gasteiger partial charge in [0, 0.05) is 16.8 Å². The maximum Gasteiger partial charge on any atom is 0 e. The van der Waals surface area contributed by atoms with Gasteiger partial charge >= 0.3 is 48.9 Å². The third-order valence-electron chi connectivity index (χ3n) is 0. The zero-order chi connectivity index (χ0) is 2.71. The van der Waals surface area contributed by atoms with Gasteiger partial charge in [-0.2, -0.15) is 0 Å². The van der Waals surface area contributed by atoms with Crippen LogP contribution in [0, 0.1) is 0 Å². The van der Waals surface area contributed by atoms with E-state index in [2.05, 4.69) is 0 Å². The van der Waals surface area contributed by atoms with Crippen LogP contribution in [0.25, 0.3) is 0 Å². The molecule has 0 aliphatic heterocycles. The first-order valence-corrected chi connectivity index (χ1v) is 0.494. The minimum atomic E-state index is -0.250. The number of hydrogen-bond donors (Lipinski definition) is 1. The number of carbonyl (C=O) groups is 1. The second kappa shape index (κ2) is 17.7. The Labute approximate surface area is 80.6 Å². The minimum Gasteiger partial charge on any atom is 0 e. The van der Waals surface area contributed by atoms with Gasteiger partial charge in [-0.1, -0.05) is 0 Å². The van der Waals surface area contributed by atoms with Crippen molar-refractivity contribution < 1.29 is 26.7 Å². The van der Waals surface area contributed by atoms with Crippen LogP contribution in [0.3, 0.4) is 0 Å². The molecule has 0 heterocycles. The molecule has 0 aromatic rings. The first kappa shape index (κ1) is 16.0. The Balaban J connectivity index is -0.0000000200. The molecule has 0 atom stereocenters. The fraction of sp³-hybridized carbons (Fsp3) is 0. The van der Waals surface area contributed by atoms with Crippen LogP contribution >= 0.6 is 0 Å². The molecule has 2 nitrogen and oxygen atoms in total. The zero-order valence-electron chi connectivity index (χ0n) is 1.77. The molecule has 0 aromatic carbocycles. The van der Waals surface area contributed by atoms with Gasteiger partial charge in [0.1, 0.15) is 0 Å². The van der Waals surface area contributed by atoms with Gasteiger partial charge in [0.2, 0.25) is 0 Å². The quantitative estimate of drug-likeness (QED) is 0.428. The molecule has 0 unspecified atom stereocenters. The van der Waals surface area contributed by atoms with Gasteiger partial charge in [-0.05, 0) is 0 Å². The molecule has 1 radical (unpaired) electrons. The topological polar surface area (TPSA) is 37.3 Å². The van der Waals surface area contributed by atoms with Crippen LogP contribution in [0.15, 0.2) is 0 Å². The molecular weight excluding hydrogens is 240 g/mol. The smallest absolute Gasteiger partial charge is 0 e. The maximum absolute atomic E-state index is 8.36. The summed E-state index contributed by atoms with van der Waals surface area (Å²) in [5, 5.41) is 6.89.